The van der Waals surface area contributed by atoms with E-state index in [1.54, 1.807) is 6.33 Å². The van der Waals surface area contributed by atoms with Crippen LogP contribution in [0.1, 0.15) is 58.0 Å². The summed E-state index contributed by atoms with van der Waals surface area (Å²) in [6.07, 6.45) is 3.01. The highest BCUT2D eigenvalue weighted by molar-refractivity contribution is 6.35. The first-order chi connectivity index (χ1) is 17.7. The van der Waals surface area contributed by atoms with Crippen LogP contribution < -0.4 is 10.1 Å². The zero-order valence-electron chi connectivity index (χ0n) is 21.7. The van der Waals surface area contributed by atoms with Gasteiger partial charge in [-0.25, -0.2) is 9.97 Å². The molecule has 0 fully saturated rings. The van der Waals surface area contributed by atoms with E-state index in [0.29, 0.717) is 30.3 Å². The maximum atomic E-state index is 13.2. The molecule has 0 spiro atoms. The Bertz CT molecular complexity index is 1500. The Morgan fingerprint density at radius 2 is 1.73 bits per heavy atom. The van der Waals surface area contributed by atoms with Crippen molar-refractivity contribution in [3.05, 3.63) is 74.4 Å². The second-order valence-electron chi connectivity index (χ2n) is 9.82. The fraction of sp³-hybridized carbons (Fsp3) is 0.345. The molecule has 2 aromatic heterocycles. The smallest absolute Gasteiger partial charge is 0.268 e. The van der Waals surface area contributed by atoms with Crippen molar-refractivity contribution in [3.63, 3.8) is 0 Å². The lowest BCUT2D eigenvalue weighted by Crippen LogP contribution is -2.38. The molecule has 1 aliphatic rings. The van der Waals surface area contributed by atoms with Crippen molar-refractivity contribution in [2.45, 2.75) is 53.5 Å². The SMILES string of the molecule is Cc1cc(OCCCc2c3n(c4c(-c5c(C)ncnc5C)c(Cl)ccc24)C(C)CNC3=O)cc(C)c1Cl. The number of hydrogen-bond donors (Lipinski definition) is 1. The molecule has 1 unspecified atom stereocenters. The van der Waals surface area contributed by atoms with Crippen LogP contribution >= 0.6 is 23.2 Å². The number of fused-ring (bicyclic) bond motifs is 3. The highest BCUT2D eigenvalue weighted by atomic mass is 35.5. The molecule has 5 rings (SSSR count). The van der Waals surface area contributed by atoms with Crippen LogP contribution in [-0.2, 0) is 6.42 Å². The topological polar surface area (TPSA) is 69.0 Å². The predicted molar refractivity (Wildman–Crippen MR) is 149 cm³/mol. The summed E-state index contributed by atoms with van der Waals surface area (Å²) in [6, 6.07) is 7.94. The Kier molecular flexibility index (Phi) is 6.90. The first kappa shape index (κ1) is 25.6. The summed E-state index contributed by atoms with van der Waals surface area (Å²) < 4.78 is 8.22. The van der Waals surface area contributed by atoms with Crippen LogP contribution in [-0.4, -0.2) is 33.6 Å². The van der Waals surface area contributed by atoms with Crippen LogP contribution in [0, 0.1) is 27.7 Å². The summed E-state index contributed by atoms with van der Waals surface area (Å²) >= 11 is 13.2. The van der Waals surface area contributed by atoms with E-state index in [0.717, 1.165) is 67.3 Å². The minimum Gasteiger partial charge on any atom is -0.494 e. The molecule has 3 heterocycles. The van der Waals surface area contributed by atoms with Gasteiger partial charge in [-0.2, -0.15) is 0 Å². The number of amides is 1. The van der Waals surface area contributed by atoms with Gasteiger partial charge in [-0.05, 0) is 82.3 Å². The Hall–Kier alpha value is -3.09. The minimum atomic E-state index is -0.0611. The average molecular weight is 537 g/mol. The number of ether oxygens (including phenoxy) is 1. The maximum Gasteiger partial charge on any atom is 0.268 e. The van der Waals surface area contributed by atoms with Crippen LogP contribution in [0.4, 0.5) is 0 Å². The quantitative estimate of drug-likeness (QED) is 0.270. The third-order valence-electron chi connectivity index (χ3n) is 7.16. The van der Waals surface area contributed by atoms with Crippen LogP contribution in [0.2, 0.25) is 10.0 Å². The van der Waals surface area contributed by atoms with Crippen LogP contribution in [0.5, 0.6) is 5.75 Å². The Morgan fingerprint density at radius 3 is 2.41 bits per heavy atom. The van der Waals surface area contributed by atoms with Gasteiger partial charge in [0.25, 0.3) is 5.91 Å². The molecule has 4 aromatic rings. The van der Waals surface area contributed by atoms with Gasteiger partial charge in [0.2, 0.25) is 0 Å². The highest BCUT2D eigenvalue weighted by Gasteiger charge is 2.31. The van der Waals surface area contributed by atoms with Gasteiger partial charge in [0.1, 0.15) is 17.8 Å². The molecule has 1 N–H and O–H groups in total. The maximum absolute atomic E-state index is 13.2. The van der Waals surface area contributed by atoms with Crippen molar-refractivity contribution in [1.29, 1.82) is 0 Å². The summed E-state index contributed by atoms with van der Waals surface area (Å²) in [4.78, 5) is 22.1. The summed E-state index contributed by atoms with van der Waals surface area (Å²) in [5, 5.41) is 5.47. The minimum absolute atomic E-state index is 0.0611. The van der Waals surface area contributed by atoms with E-state index in [1.807, 2.05) is 52.0 Å². The molecule has 8 heteroatoms. The van der Waals surface area contributed by atoms with Gasteiger partial charge in [-0.3, -0.25) is 4.79 Å². The van der Waals surface area contributed by atoms with Gasteiger partial charge in [0.15, 0.2) is 0 Å². The molecule has 0 radical (unpaired) electrons. The van der Waals surface area contributed by atoms with E-state index in [2.05, 4.69) is 26.8 Å². The first-order valence-electron chi connectivity index (χ1n) is 12.5. The molecule has 37 heavy (non-hydrogen) atoms. The lowest BCUT2D eigenvalue weighted by molar-refractivity contribution is 0.0918. The Labute approximate surface area is 227 Å². The zero-order valence-corrected chi connectivity index (χ0v) is 23.2. The van der Waals surface area contributed by atoms with Gasteiger partial charge >= 0.3 is 0 Å². The molecule has 0 saturated carbocycles. The monoisotopic (exact) mass is 536 g/mol. The number of aromatic nitrogens is 3. The lowest BCUT2D eigenvalue weighted by Gasteiger charge is -2.26. The fourth-order valence-corrected chi connectivity index (χ4v) is 5.78. The molecule has 1 amide bonds. The largest absolute Gasteiger partial charge is 0.494 e. The van der Waals surface area contributed by atoms with Crippen molar-refractivity contribution in [1.82, 2.24) is 19.9 Å². The van der Waals surface area contributed by atoms with Gasteiger partial charge in [0.05, 0.1) is 17.1 Å². The van der Waals surface area contributed by atoms with Crippen LogP contribution in [0.25, 0.3) is 22.0 Å². The fourth-order valence-electron chi connectivity index (χ4n) is 5.42. The number of rotatable bonds is 6. The standard InChI is InChI=1S/C29H30Cl2N4O2/c1-15-11-20(12-16(2)26(15)31)37-10-6-7-21-22-8-9-23(30)25(24-18(4)33-14-34-19(24)5)27(22)35-17(3)13-32-29(36)28(21)35/h8-9,11-12,14,17H,6-7,10,13H2,1-5H3,(H,32,36). The number of carbonyl (C=O) groups is 1. The van der Waals surface area contributed by atoms with E-state index >= 15 is 0 Å². The zero-order chi connectivity index (χ0) is 26.4. The van der Waals surface area contributed by atoms with Crippen LogP contribution in [0.15, 0.2) is 30.6 Å². The molecule has 6 nitrogen and oxygen atoms in total. The normalized spacial score (nSPS) is 15.1. The molecule has 1 atom stereocenters. The summed E-state index contributed by atoms with van der Waals surface area (Å²) in [7, 11) is 0. The van der Waals surface area contributed by atoms with Crippen molar-refractivity contribution in [2.75, 3.05) is 13.2 Å². The molecule has 1 aliphatic heterocycles. The van der Waals surface area contributed by atoms with Crippen molar-refractivity contribution in [3.8, 4) is 16.9 Å². The number of carbonyl (C=O) groups excluding carboxylic acids is 1. The molecule has 0 saturated heterocycles. The van der Waals surface area contributed by atoms with E-state index in [1.165, 1.54) is 0 Å². The van der Waals surface area contributed by atoms with E-state index in [4.69, 9.17) is 27.9 Å². The van der Waals surface area contributed by atoms with E-state index in [9.17, 15) is 4.79 Å². The highest BCUT2D eigenvalue weighted by Crippen LogP contribution is 2.43. The third-order valence-corrected chi connectivity index (χ3v) is 8.07. The third kappa shape index (κ3) is 4.47. The summed E-state index contributed by atoms with van der Waals surface area (Å²) in [5.74, 6) is 0.743. The van der Waals surface area contributed by atoms with Crippen molar-refractivity contribution < 1.29 is 9.53 Å². The summed E-state index contributed by atoms with van der Waals surface area (Å²) in [6.45, 7) is 11.1. The van der Waals surface area contributed by atoms with E-state index in [-0.39, 0.29) is 11.9 Å². The molecular formula is C29H30Cl2N4O2. The van der Waals surface area contributed by atoms with Gasteiger partial charge < -0.3 is 14.6 Å². The van der Waals surface area contributed by atoms with Gasteiger partial charge in [0, 0.05) is 45.5 Å². The predicted octanol–water partition coefficient (Wildman–Crippen LogP) is 6.95. The number of nitrogens with zero attached hydrogens (tertiary/aromatic N) is 3. The number of hydrogen-bond acceptors (Lipinski definition) is 4. The second kappa shape index (κ2) is 9.99. The number of aryl methyl sites for hydroxylation is 5. The Balaban J connectivity index is 1.57. The second-order valence-corrected chi connectivity index (χ2v) is 10.6. The van der Waals surface area contributed by atoms with Gasteiger partial charge in [-0.15, -0.1) is 0 Å². The number of benzene rings is 2. The molecule has 2 aromatic carbocycles. The van der Waals surface area contributed by atoms with Crippen molar-refractivity contribution >= 4 is 40.0 Å². The first-order valence-corrected chi connectivity index (χ1v) is 13.3. The lowest BCUT2D eigenvalue weighted by atomic mass is 9.97. The summed E-state index contributed by atoms with van der Waals surface area (Å²) in [5.41, 5.74) is 8.17. The molecular weight excluding hydrogens is 507 g/mol. The van der Waals surface area contributed by atoms with Crippen molar-refractivity contribution in [2.24, 2.45) is 0 Å². The Morgan fingerprint density at radius 1 is 1.05 bits per heavy atom. The molecule has 0 aliphatic carbocycles. The number of halogens is 2. The number of nitrogens with one attached hydrogen (secondary N) is 1. The van der Waals surface area contributed by atoms with E-state index < -0.39 is 0 Å². The van der Waals surface area contributed by atoms with Crippen LogP contribution in [0.3, 0.4) is 0 Å². The average Bonchev–Trinajstić information content (AvgIpc) is 3.19. The molecule has 192 valence electrons. The van der Waals surface area contributed by atoms with Gasteiger partial charge in [-0.1, -0.05) is 29.3 Å². The molecule has 0 bridgehead atoms.